The monoisotopic (exact) mass is 283 g/mol. The minimum atomic E-state index is -4.14. The van der Waals surface area contributed by atoms with E-state index in [1.165, 1.54) is 6.08 Å². The highest BCUT2D eigenvalue weighted by Gasteiger charge is 2.06. The maximum absolute atomic E-state index is 11.1. The van der Waals surface area contributed by atoms with Gasteiger partial charge in [-0.25, -0.2) is 8.42 Å². The molecule has 0 saturated heterocycles. The fourth-order valence-corrected chi connectivity index (χ4v) is 1.88. The molecular formula is C8H13NO6S2. The normalized spacial score (nSPS) is 12.5. The number of nitrogens with one attached hydrogen (secondary N) is 1. The van der Waals surface area contributed by atoms with Crippen LogP contribution in [0.4, 0.5) is 0 Å². The summed E-state index contributed by atoms with van der Waals surface area (Å²) in [6.45, 7) is 2.94. The topological polar surface area (TPSA) is 118 Å². The summed E-state index contributed by atoms with van der Waals surface area (Å²) in [5.41, 5.74) is 0. The lowest BCUT2D eigenvalue weighted by molar-refractivity contribution is -0.116. The van der Waals surface area contributed by atoms with Crippen LogP contribution in [0.1, 0.15) is 0 Å². The lowest BCUT2D eigenvalue weighted by Gasteiger charge is -1.99. The van der Waals surface area contributed by atoms with Gasteiger partial charge in [-0.15, -0.1) is 6.58 Å². The van der Waals surface area contributed by atoms with Gasteiger partial charge in [0.2, 0.25) is 5.91 Å². The molecular weight excluding hydrogens is 270 g/mol. The van der Waals surface area contributed by atoms with Crippen LogP contribution in [-0.2, 0) is 24.7 Å². The van der Waals surface area contributed by atoms with Gasteiger partial charge in [-0.05, 0) is 0 Å². The average molecular weight is 283 g/mol. The Morgan fingerprint density at radius 1 is 1.29 bits per heavy atom. The van der Waals surface area contributed by atoms with E-state index in [2.05, 4.69) is 11.9 Å². The van der Waals surface area contributed by atoms with Crippen LogP contribution in [-0.4, -0.2) is 45.3 Å². The summed E-state index contributed by atoms with van der Waals surface area (Å²) >= 11 is 0. The minimum absolute atomic E-state index is 0.290. The summed E-state index contributed by atoms with van der Waals surface area (Å²) in [6.07, 6.45) is 1.94. The molecule has 0 aliphatic heterocycles. The van der Waals surface area contributed by atoms with Gasteiger partial charge in [-0.1, -0.05) is 6.08 Å². The number of carbonyl (C=O) groups is 1. The Morgan fingerprint density at radius 3 is 2.35 bits per heavy atom. The first-order valence-corrected chi connectivity index (χ1v) is 7.73. The zero-order valence-corrected chi connectivity index (χ0v) is 10.5. The molecule has 0 aromatic heterocycles. The van der Waals surface area contributed by atoms with Crippen LogP contribution in [0.3, 0.4) is 0 Å². The van der Waals surface area contributed by atoms with E-state index in [4.69, 9.17) is 4.55 Å². The maximum Gasteiger partial charge on any atom is 0.266 e. The summed E-state index contributed by atoms with van der Waals surface area (Å²) in [5, 5.41) is 2.80. The van der Waals surface area contributed by atoms with E-state index in [-0.39, 0.29) is 12.3 Å². The highest BCUT2D eigenvalue weighted by atomic mass is 32.2. The van der Waals surface area contributed by atoms with Gasteiger partial charge in [0, 0.05) is 18.0 Å². The zero-order valence-electron chi connectivity index (χ0n) is 8.87. The first-order chi connectivity index (χ1) is 7.66. The van der Waals surface area contributed by atoms with Crippen LogP contribution in [0.2, 0.25) is 0 Å². The molecule has 1 amide bonds. The molecule has 0 heterocycles. The molecule has 0 rings (SSSR count). The minimum Gasteiger partial charge on any atom is -0.351 e. The number of hydrogen-bond donors (Lipinski definition) is 2. The second-order valence-corrected chi connectivity index (χ2v) is 6.50. The summed E-state index contributed by atoms with van der Waals surface area (Å²) in [6, 6.07) is 0. The Labute approximate surface area is 99.9 Å². The fourth-order valence-electron chi connectivity index (χ4n) is 0.747. The molecule has 0 bridgehead atoms. The van der Waals surface area contributed by atoms with Crippen molar-refractivity contribution in [2.24, 2.45) is 0 Å². The van der Waals surface area contributed by atoms with Crippen molar-refractivity contribution in [1.82, 2.24) is 5.32 Å². The van der Waals surface area contributed by atoms with Crippen molar-refractivity contribution in [2.45, 2.75) is 0 Å². The first kappa shape index (κ1) is 15.8. The van der Waals surface area contributed by atoms with Gasteiger partial charge in [-0.3, -0.25) is 9.35 Å². The largest absolute Gasteiger partial charge is 0.351 e. The number of rotatable bonds is 7. The molecule has 98 valence electrons. The molecule has 0 radical (unpaired) electrons. The van der Waals surface area contributed by atoms with Crippen LogP contribution >= 0.6 is 0 Å². The third-order valence-electron chi connectivity index (χ3n) is 1.44. The summed E-state index contributed by atoms with van der Waals surface area (Å²) in [7, 11) is -7.65. The summed E-state index contributed by atoms with van der Waals surface area (Å²) in [4.78, 5) is 11.0. The molecule has 17 heavy (non-hydrogen) atoms. The Hall–Kier alpha value is -1.19. The highest BCUT2D eigenvalue weighted by molar-refractivity contribution is 7.94. The van der Waals surface area contributed by atoms with Crippen LogP contribution in [0, 0.1) is 0 Å². The van der Waals surface area contributed by atoms with Gasteiger partial charge in [0.25, 0.3) is 10.1 Å². The average Bonchev–Trinajstić information content (AvgIpc) is 2.13. The van der Waals surface area contributed by atoms with Crippen molar-refractivity contribution in [3.8, 4) is 0 Å². The Morgan fingerprint density at radius 2 is 1.88 bits per heavy atom. The molecule has 0 aliphatic rings. The third-order valence-corrected chi connectivity index (χ3v) is 3.41. The van der Waals surface area contributed by atoms with Gasteiger partial charge in [0.15, 0.2) is 9.84 Å². The molecule has 0 aromatic carbocycles. The number of amides is 1. The quantitative estimate of drug-likeness (QED) is 0.355. The van der Waals surface area contributed by atoms with E-state index in [0.29, 0.717) is 5.41 Å². The van der Waals surface area contributed by atoms with Crippen molar-refractivity contribution < 1.29 is 26.2 Å². The third kappa shape index (κ3) is 9.72. The van der Waals surface area contributed by atoms with Gasteiger partial charge in [-0.2, -0.15) is 8.42 Å². The van der Waals surface area contributed by atoms with Crippen molar-refractivity contribution in [2.75, 3.05) is 18.1 Å². The van der Waals surface area contributed by atoms with Crippen molar-refractivity contribution >= 4 is 25.9 Å². The second-order valence-electron chi connectivity index (χ2n) is 3.00. The van der Waals surface area contributed by atoms with Gasteiger partial charge >= 0.3 is 0 Å². The van der Waals surface area contributed by atoms with Crippen LogP contribution in [0.15, 0.2) is 24.1 Å². The molecule has 0 atom stereocenters. The van der Waals surface area contributed by atoms with Crippen molar-refractivity contribution in [3.05, 3.63) is 24.1 Å². The van der Waals surface area contributed by atoms with E-state index < -0.39 is 31.6 Å². The van der Waals surface area contributed by atoms with E-state index in [9.17, 15) is 21.6 Å². The van der Waals surface area contributed by atoms with Crippen LogP contribution < -0.4 is 5.32 Å². The van der Waals surface area contributed by atoms with Crippen LogP contribution in [0.5, 0.6) is 0 Å². The molecule has 9 heteroatoms. The predicted octanol–water partition coefficient (Wildman–Crippen LogP) is -0.895. The molecule has 0 unspecified atom stereocenters. The molecule has 0 spiro atoms. The highest BCUT2D eigenvalue weighted by Crippen LogP contribution is 1.92. The smallest absolute Gasteiger partial charge is 0.266 e. The molecule has 2 N–H and O–H groups in total. The molecule has 0 saturated carbocycles. The van der Waals surface area contributed by atoms with Crippen LogP contribution in [0.25, 0.3) is 0 Å². The Bertz CT molecular complexity index is 502. The maximum atomic E-state index is 11.1. The first-order valence-electron chi connectivity index (χ1n) is 4.41. The molecule has 0 fully saturated rings. The molecule has 7 nitrogen and oxygen atoms in total. The van der Waals surface area contributed by atoms with Crippen molar-refractivity contribution in [3.63, 3.8) is 0 Å². The number of sulfone groups is 1. The number of hydrogen-bond acceptors (Lipinski definition) is 5. The standard InChI is InChI=1S/C8H13NO6S2/c1-2-5-16(11,12)6-3-8(10)9-4-7-17(13,14)15/h2-3,6H,1,4-5,7H2,(H,9,10)(H,13,14,15)/b6-3+. The lowest BCUT2D eigenvalue weighted by Crippen LogP contribution is -2.27. The number of carbonyl (C=O) groups excluding carboxylic acids is 1. The van der Waals surface area contributed by atoms with Gasteiger partial charge in [0.1, 0.15) is 0 Å². The van der Waals surface area contributed by atoms with E-state index in [1.807, 2.05) is 0 Å². The SMILES string of the molecule is C=CCS(=O)(=O)/C=C/C(=O)NCCS(=O)(=O)O. The van der Waals surface area contributed by atoms with E-state index in [1.54, 1.807) is 0 Å². The van der Waals surface area contributed by atoms with Gasteiger partial charge in [0.05, 0.1) is 11.5 Å². The summed E-state index contributed by atoms with van der Waals surface area (Å²) in [5.74, 6) is -1.69. The molecule has 0 aliphatic carbocycles. The van der Waals surface area contributed by atoms with E-state index in [0.717, 1.165) is 6.08 Å². The Kier molecular flexibility index (Phi) is 6.07. The zero-order chi connectivity index (χ0) is 13.5. The molecule has 0 aromatic rings. The van der Waals surface area contributed by atoms with Gasteiger partial charge < -0.3 is 5.32 Å². The summed E-state index contributed by atoms with van der Waals surface area (Å²) < 4.78 is 51.1. The predicted molar refractivity (Wildman–Crippen MR) is 62.5 cm³/mol. The van der Waals surface area contributed by atoms with E-state index >= 15 is 0 Å². The van der Waals surface area contributed by atoms with Crippen molar-refractivity contribution in [1.29, 1.82) is 0 Å². The second kappa shape index (κ2) is 6.52. The fraction of sp³-hybridized carbons (Fsp3) is 0.375. The lowest BCUT2D eigenvalue weighted by atomic mass is 10.5. The Balaban J connectivity index is 4.20.